The van der Waals surface area contributed by atoms with E-state index >= 15 is 0 Å². The first-order valence-electron chi connectivity index (χ1n) is 8.07. The van der Waals surface area contributed by atoms with Crippen molar-refractivity contribution in [3.05, 3.63) is 75.7 Å². The molecule has 0 atom stereocenters. The Morgan fingerprint density at radius 3 is 2.73 bits per heavy atom. The van der Waals surface area contributed by atoms with Gasteiger partial charge in [-0.05, 0) is 24.6 Å². The summed E-state index contributed by atoms with van der Waals surface area (Å²) in [5.41, 5.74) is 1.10. The van der Waals surface area contributed by atoms with E-state index in [4.69, 9.17) is 9.94 Å². The van der Waals surface area contributed by atoms with Gasteiger partial charge < -0.3 is 14.5 Å². The molecule has 26 heavy (non-hydrogen) atoms. The van der Waals surface area contributed by atoms with Gasteiger partial charge in [0.15, 0.2) is 0 Å². The Labute approximate surface area is 149 Å². The zero-order valence-corrected chi connectivity index (χ0v) is 14.1. The SMILES string of the molecule is CCn1cc(C(=O)O)c(=O)c2ccc(/C=N/OCc3ccccc3)nc21. The number of carboxylic acids is 1. The van der Waals surface area contributed by atoms with E-state index in [9.17, 15) is 9.59 Å². The first kappa shape index (κ1) is 17.3. The molecule has 0 aliphatic heterocycles. The molecule has 0 saturated carbocycles. The third-order valence-corrected chi connectivity index (χ3v) is 3.85. The number of aromatic nitrogens is 2. The molecule has 0 spiro atoms. The minimum Gasteiger partial charge on any atom is -0.477 e. The van der Waals surface area contributed by atoms with Gasteiger partial charge in [0.2, 0.25) is 5.43 Å². The molecule has 7 heteroatoms. The van der Waals surface area contributed by atoms with Crippen LogP contribution < -0.4 is 5.43 Å². The summed E-state index contributed by atoms with van der Waals surface area (Å²) in [7, 11) is 0. The standard InChI is InChI=1S/C19H17N3O4/c1-2-22-11-16(19(24)25)17(23)15-9-8-14(21-18(15)22)10-20-26-12-13-6-4-3-5-7-13/h3-11H,2,12H2,1H3,(H,24,25)/b20-10+. The molecule has 0 saturated heterocycles. The van der Waals surface area contributed by atoms with Crippen LogP contribution in [-0.4, -0.2) is 26.8 Å². The maximum absolute atomic E-state index is 12.3. The minimum atomic E-state index is -1.25. The van der Waals surface area contributed by atoms with Crippen LogP contribution >= 0.6 is 0 Å². The van der Waals surface area contributed by atoms with Gasteiger partial charge in [0.25, 0.3) is 0 Å². The summed E-state index contributed by atoms with van der Waals surface area (Å²) in [6, 6.07) is 12.8. The number of hydrogen-bond donors (Lipinski definition) is 1. The molecule has 0 aliphatic rings. The molecule has 132 valence electrons. The van der Waals surface area contributed by atoms with Crippen molar-refractivity contribution < 1.29 is 14.7 Å². The zero-order valence-electron chi connectivity index (χ0n) is 14.1. The molecule has 0 aliphatic carbocycles. The predicted octanol–water partition coefficient (Wildman–Crippen LogP) is 2.67. The predicted molar refractivity (Wildman–Crippen MR) is 97.5 cm³/mol. The topological polar surface area (TPSA) is 93.8 Å². The van der Waals surface area contributed by atoms with Gasteiger partial charge in [0.05, 0.1) is 17.3 Å². The van der Waals surface area contributed by atoms with Gasteiger partial charge in [-0.15, -0.1) is 0 Å². The fraction of sp³-hybridized carbons (Fsp3) is 0.158. The molecule has 0 unspecified atom stereocenters. The lowest BCUT2D eigenvalue weighted by Crippen LogP contribution is -2.19. The monoisotopic (exact) mass is 351 g/mol. The number of benzene rings is 1. The van der Waals surface area contributed by atoms with Crippen LogP contribution in [0.3, 0.4) is 0 Å². The Morgan fingerprint density at radius 2 is 2.04 bits per heavy atom. The summed E-state index contributed by atoms with van der Waals surface area (Å²) in [5, 5.41) is 13.3. The van der Waals surface area contributed by atoms with E-state index in [-0.39, 0.29) is 10.9 Å². The quantitative estimate of drug-likeness (QED) is 0.544. The maximum atomic E-state index is 12.3. The highest BCUT2D eigenvalue weighted by atomic mass is 16.6. The van der Waals surface area contributed by atoms with E-state index in [1.165, 1.54) is 12.4 Å². The fourth-order valence-electron chi connectivity index (χ4n) is 2.52. The van der Waals surface area contributed by atoms with E-state index in [2.05, 4.69) is 10.1 Å². The summed E-state index contributed by atoms with van der Waals surface area (Å²) in [4.78, 5) is 33.1. The van der Waals surface area contributed by atoms with Crippen molar-refractivity contribution in [2.24, 2.45) is 5.16 Å². The molecule has 0 fully saturated rings. The molecular formula is C19H17N3O4. The summed E-state index contributed by atoms with van der Waals surface area (Å²) in [6.45, 7) is 2.67. The number of aromatic carboxylic acids is 1. The molecule has 3 rings (SSSR count). The number of nitrogens with zero attached hydrogens (tertiary/aromatic N) is 3. The van der Waals surface area contributed by atoms with Crippen molar-refractivity contribution in [1.82, 2.24) is 9.55 Å². The van der Waals surface area contributed by atoms with Crippen LogP contribution in [0.2, 0.25) is 0 Å². The largest absolute Gasteiger partial charge is 0.477 e. The molecule has 0 radical (unpaired) electrons. The van der Waals surface area contributed by atoms with Gasteiger partial charge in [-0.3, -0.25) is 4.79 Å². The number of rotatable bonds is 6. The van der Waals surface area contributed by atoms with Crippen LogP contribution in [0.4, 0.5) is 0 Å². The van der Waals surface area contributed by atoms with Crippen molar-refractivity contribution in [2.45, 2.75) is 20.1 Å². The van der Waals surface area contributed by atoms with Crippen LogP contribution in [0.15, 0.2) is 58.6 Å². The van der Waals surface area contributed by atoms with Crippen molar-refractivity contribution in [2.75, 3.05) is 0 Å². The summed E-state index contributed by atoms with van der Waals surface area (Å²) >= 11 is 0. The van der Waals surface area contributed by atoms with Crippen molar-refractivity contribution >= 4 is 23.2 Å². The Hall–Kier alpha value is -3.48. The molecule has 7 nitrogen and oxygen atoms in total. The Balaban J connectivity index is 1.86. The van der Waals surface area contributed by atoms with E-state index in [1.807, 2.05) is 37.3 Å². The highest BCUT2D eigenvalue weighted by Gasteiger charge is 2.14. The van der Waals surface area contributed by atoms with Crippen LogP contribution in [0.25, 0.3) is 11.0 Å². The zero-order chi connectivity index (χ0) is 18.5. The highest BCUT2D eigenvalue weighted by molar-refractivity contribution is 5.92. The number of fused-ring (bicyclic) bond motifs is 1. The minimum absolute atomic E-state index is 0.258. The Morgan fingerprint density at radius 1 is 1.27 bits per heavy atom. The third-order valence-electron chi connectivity index (χ3n) is 3.85. The van der Waals surface area contributed by atoms with Gasteiger partial charge >= 0.3 is 5.97 Å². The number of pyridine rings is 2. The van der Waals surface area contributed by atoms with Gasteiger partial charge in [-0.25, -0.2) is 9.78 Å². The molecule has 0 bridgehead atoms. The van der Waals surface area contributed by atoms with Crippen LogP contribution in [-0.2, 0) is 18.0 Å². The highest BCUT2D eigenvalue weighted by Crippen LogP contribution is 2.11. The first-order chi connectivity index (χ1) is 12.6. The number of hydrogen-bond acceptors (Lipinski definition) is 5. The second-order valence-electron chi connectivity index (χ2n) is 5.56. The summed E-state index contributed by atoms with van der Waals surface area (Å²) < 4.78 is 1.63. The number of aryl methyl sites for hydroxylation is 1. The van der Waals surface area contributed by atoms with E-state index < -0.39 is 11.4 Å². The Bertz CT molecular complexity index is 1030. The van der Waals surface area contributed by atoms with Crippen molar-refractivity contribution in [1.29, 1.82) is 0 Å². The molecule has 0 amide bonds. The summed E-state index contributed by atoms with van der Waals surface area (Å²) in [5.74, 6) is -1.25. The normalized spacial score (nSPS) is 11.1. The van der Waals surface area contributed by atoms with E-state index in [0.29, 0.717) is 24.5 Å². The van der Waals surface area contributed by atoms with E-state index in [1.54, 1.807) is 16.7 Å². The second-order valence-corrected chi connectivity index (χ2v) is 5.56. The fourth-order valence-corrected chi connectivity index (χ4v) is 2.52. The first-order valence-corrected chi connectivity index (χ1v) is 8.07. The maximum Gasteiger partial charge on any atom is 0.341 e. The van der Waals surface area contributed by atoms with Crippen LogP contribution in [0.5, 0.6) is 0 Å². The van der Waals surface area contributed by atoms with E-state index in [0.717, 1.165) is 5.56 Å². The van der Waals surface area contributed by atoms with Gasteiger partial charge in [0, 0.05) is 12.7 Å². The average molecular weight is 351 g/mol. The molecule has 1 aromatic carbocycles. The average Bonchev–Trinajstić information content (AvgIpc) is 2.66. The number of oxime groups is 1. The van der Waals surface area contributed by atoms with Crippen LogP contribution in [0, 0.1) is 0 Å². The lowest BCUT2D eigenvalue weighted by atomic mass is 10.2. The molecule has 2 heterocycles. The van der Waals surface area contributed by atoms with Crippen LogP contribution in [0.1, 0.15) is 28.5 Å². The number of carbonyl (C=O) groups is 1. The number of carboxylic acid groups (broad SMARTS) is 1. The lowest BCUT2D eigenvalue weighted by Gasteiger charge is -2.09. The van der Waals surface area contributed by atoms with Gasteiger partial charge in [-0.1, -0.05) is 35.5 Å². The lowest BCUT2D eigenvalue weighted by molar-refractivity contribution is 0.0695. The smallest absolute Gasteiger partial charge is 0.341 e. The summed E-state index contributed by atoms with van der Waals surface area (Å²) in [6.07, 6.45) is 2.77. The van der Waals surface area contributed by atoms with Gasteiger partial charge in [0.1, 0.15) is 17.8 Å². The molecule has 3 aromatic rings. The molecule has 2 aromatic heterocycles. The second kappa shape index (κ2) is 7.60. The van der Waals surface area contributed by atoms with Gasteiger partial charge in [-0.2, -0.15) is 0 Å². The van der Waals surface area contributed by atoms with Crippen molar-refractivity contribution in [3.8, 4) is 0 Å². The molecular weight excluding hydrogens is 334 g/mol. The third kappa shape index (κ3) is 3.61. The Kier molecular flexibility index (Phi) is 5.07. The van der Waals surface area contributed by atoms with Crippen molar-refractivity contribution in [3.63, 3.8) is 0 Å². The molecule has 1 N–H and O–H groups in total.